The van der Waals surface area contributed by atoms with Crippen molar-refractivity contribution >= 4 is 18.1 Å². The minimum absolute atomic E-state index is 0. The first-order valence-corrected chi connectivity index (χ1v) is 10.0. The Morgan fingerprint density at radius 3 is 1.74 bits per heavy atom. The van der Waals surface area contributed by atoms with E-state index in [4.69, 9.17) is 9.97 Å². The number of rotatable bonds is 5. The molecular formula is C26H22ClN3O. The molecular weight excluding hydrogens is 406 g/mol. The molecule has 0 aliphatic carbocycles. The maximum Gasteiger partial charge on any atom is 0.219 e. The monoisotopic (exact) mass is 427 g/mol. The van der Waals surface area contributed by atoms with Crippen molar-refractivity contribution in [2.24, 2.45) is 0 Å². The molecule has 0 amide bonds. The second kappa shape index (κ2) is 9.02. The van der Waals surface area contributed by atoms with Crippen LogP contribution in [0.1, 0.15) is 22.5 Å². The molecule has 0 saturated carbocycles. The van der Waals surface area contributed by atoms with Gasteiger partial charge in [0.15, 0.2) is 5.65 Å². The smallest absolute Gasteiger partial charge is 0.219 e. The molecule has 0 fully saturated rings. The lowest BCUT2D eigenvalue weighted by Gasteiger charge is -2.08. The Bertz CT molecular complexity index is 1290. The summed E-state index contributed by atoms with van der Waals surface area (Å²) in [5.74, 6) is 0.169. The summed E-state index contributed by atoms with van der Waals surface area (Å²) in [6.45, 7) is 0. The van der Waals surface area contributed by atoms with E-state index in [9.17, 15) is 5.11 Å². The van der Waals surface area contributed by atoms with Gasteiger partial charge in [-0.3, -0.25) is 4.40 Å². The van der Waals surface area contributed by atoms with Crippen LogP contribution in [0.5, 0.6) is 5.88 Å². The Hall–Kier alpha value is -3.63. The summed E-state index contributed by atoms with van der Waals surface area (Å²) in [5, 5.41) is 11.0. The normalized spacial score (nSPS) is 10.7. The van der Waals surface area contributed by atoms with E-state index >= 15 is 0 Å². The van der Waals surface area contributed by atoms with Crippen molar-refractivity contribution in [3.05, 3.63) is 120 Å². The highest BCUT2D eigenvalue weighted by Crippen LogP contribution is 2.28. The average molecular weight is 428 g/mol. The van der Waals surface area contributed by atoms with Gasteiger partial charge in [-0.25, -0.2) is 9.97 Å². The van der Waals surface area contributed by atoms with E-state index in [1.807, 2.05) is 85.1 Å². The van der Waals surface area contributed by atoms with Crippen LogP contribution in [-0.4, -0.2) is 19.5 Å². The number of aromatic hydroxyl groups is 1. The van der Waals surface area contributed by atoms with Crippen LogP contribution in [-0.2, 0) is 12.8 Å². The van der Waals surface area contributed by atoms with Gasteiger partial charge in [0.2, 0.25) is 5.88 Å². The summed E-state index contributed by atoms with van der Waals surface area (Å²) in [6, 6.07) is 30.3. The van der Waals surface area contributed by atoms with Crippen LogP contribution >= 0.6 is 12.4 Å². The molecule has 154 valence electrons. The van der Waals surface area contributed by atoms with Crippen LogP contribution in [0.4, 0.5) is 0 Å². The van der Waals surface area contributed by atoms with Crippen LogP contribution in [0.25, 0.3) is 16.9 Å². The predicted octanol–water partition coefficient (Wildman–Crippen LogP) is 5.71. The second-order valence-corrected chi connectivity index (χ2v) is 7.34. The molecule has 0 saturated heterocycles. The molecule has 2 heterocycles. The van der Waals surface area contributed by atoms with E-state index in [1.54, 1.807) is 4.40 Å². The number of benzene rings is 3. The Balaban J connectivity index is 0.00000231. The van der Waals surface area contributed by atoms with Crippen LogP contribution in [0.3, 0.4) is 0 Å². The Morgan fingerprint density at radius 2 is 1.16 bits per heavy atom. The molecule has 5 heteroatoms. The van der Waals surface area contributed by atoms with Crippen LogP contribution < -0.4 is 0 Å². The number of hydrogen-bond donors (Lipinski definition) is 1. The van der Waals surface area contributed by atoms with Crippen molar-refractivity contribution in [3.63, 3.8) is 0 Å². The predicted molar refractivity (Wildman–Crippen MR) is 126 cm³/mol. The quantitative estimate of drug-likeness (QED) is 0.391. The van der Waals surface area contributed by atoms with Gasteiger partial charge in [-0.2, -0.15) is 0 Å². The van der Waals surface area contributed by atoms with Crippen LogP contribution in [0.15, 0.2) is 97.2 Å². The molecule has 3 aromatic carbocycles. The number of nitrogens with zero attached hydrogens (tertiary/aromatic N) is 3. The highest BCUT2D eigenvalue weighted by atomic mass is 35.5. The van der Waals surface area contributed by atoms with Crippen molar-refractivity contribution in [2.45, 2.75) is 12.8 Å². The van der Waals surface area contributed by atoms with E-state index in [0.29, 0.717) is 24.2 Å². The lowest BCUT2D eigenvalue weighted by molar-refractivity contribution is 0.442. The van der Waals surface area contributed by atoms with E-state index in [1.165, 1.54) is 0 Å². The second-order valence-electron chi connectivity index (χ2n) is 7.34. The molecule has 0 atom stereocenters. The van der Waals surface area contributed by atoms with Gasteiger partial charge in [0.25, 0.3) is 0 Å². The van der Waals surface area contributed by atoms with E-state index in [2.05, 4.69) is 12.1 Å². The molecule has 0 aliphatic heterocycles. The minimum atomic E-state index is 0. The van der Waals surface area contributed by atoms with Crippen LogP contribution in [0, 0.1) is 0 Å². The Labute approximate surface area is 187 Å². The maximum absolute atomic E-state index is 11.0. The van der Waals surface area contributed by atoms with Crippen molar-refractivity contribution in [2.75, 3.05) is 0 Å². The van der Waals surface area contributed by atoms with E-state index in [-0.39, 0.29) is 18.3 Å². The molecule has 5 aromatic rings. The lowest BCUT2D eigenvalue weighted by atomic mass is 10.1. The Kier molecular flexibility index (Phi) is 6.01. The lowest BCUT2D eigenvalue weighted by Crippen LogP contribution is -2.00. The van der Waals surface area contributed by atoms with Gasteiger partial charge >= 0.3 is 0 Å². The third kappa shape index (κ3) is 4.30. The summed E-state index contributed by atoms with van der Waals surface area (Å²) >= 11 is 0. The molecule has 0 radical (unpaired) electrons. The first kappa shape index (κ1) is 20.6. The number of aromatic nitrogens is 3. The third-order valence-corrected chi connectivity index (χ3v) is 5.22. The van der Waals surface area contributed by atoms with Gasteiger partial charge in [-0.05, 0) is 11.1 Å². The fraction of sp³-hybridized carbons (Fsp3) is 0.0769. The number of hydrogen-bond acceptors (Lipinski definition) is 3. The maximum atomic E-state index is 11.0. The average Bonchev–Trinajstić information content (AvgIpc) is 3.11. The van der Waals surface area contributed by atoms with Gasteiger partial charge < -0.3 is 5.11 Å². The van der Waals surface area contributed by atoms with Gasteiger partial charge in [-0.1, -0.05) is 91.0 Å². The van der Waals surface area contributed by atoms with Gasteiger partial charge in [-0.15, -0.1) is 12.4 Å². The van der Waals surface area contributed by atoms with E-state index < -0.39 is 0 Å². The highest BCUT2D eigenvalue weighted by Gasteiger charge is 2.17. The first-order valence-electron chi connectivity index (χ1n) is 10.0. The minimum Gasteiger partial charge on any atom is -0.493 e. The van der Waals surface area contributed by atoms with Gasteiger partial charge in [0, 0.05) is 24.6 Å². The van der Waals surface area contributed by atoms with Crippen molar-refractivity contribution < 1.29 is 5.11 Å². The zero-order valence-corrected chi connectivity index (χ0v) is 17.7. The largest absolute Gasteiger partial charge is 0.493 e. The van der Waals surface area contributed by atoms with Gasteiger partial charge in [0.05, 0.1) is 11.4 Å². The molecule has 0 bridgehead atoms. The first-order chi connectivity index (χ1) is 14.8. The summed E-state index contributed by atoms with van der Waals surface area (Å²) < 4.78 is 1.77. The van der Waals surface area contributed by atoms with Crippen molar-refractivity contribution in [1.29, 1.82) is 0 Å². The molecule has 1 N–H and O–H groups in total. The summed E-state index contributed by atoms with van der Waals surface area (Å²) in [5.41, 5.74) is 6.28. The summed E-state index contributed by atoms with van der Waals surface area (Å²) in [6.07, 6.45) is 3.09. The fourth-order valence-electron chi connectivity index (χ4n) is 3.71. The van der Waals surface area contributed by atoms with Crippen LogP contribution in [0.2, 0.25) is 0 Å². The fourth-order valence-corrected chi connectivity index (χ4v) is 3.71. The summed E-state index contributed by atoms with van der Waals surface area (Å²) in [4.78, 5) is 9.72. The zero-order valence-electron chi connectivity index (χ0n) is 16.8. The number of imidazole rings is 1. The molecule has 0 spiro atoms. The molecule has 0 aliphatic rings. The Morgan fingerprint density at radius 1 is 0.645 bits per heavy atom. The van der Waals surface area contributed by atoms with E-state index in [0.717, 1.165) is 28.1 Å². The number of halogens is 1. The third-order valence-electron chi connectivity index (χ3n) is 5.22. The summed E-state index contributed by atoms with van der Waals surface area (Å²) in [7, 11) is 0. The van der Waals surface area contributed by atoms with Gasteiger partial charge in [0.1, 0.15) is 5.69 Å². The zero-order chi connectivity index (χ0) is 20.3. The number of fused-ring (bicyclic) bond motifs is 1. The van der Waals surface area contributed by atoms with Crippen molar-refractivity contribution in [3.8, 4) is 17.1 Å². The molecule has 0 unspecified atom stereocenters. The molecule has 5 rings (SSSR count). The molecule has 2 aromatic heterocycles. The molecule has 31 heavy (non-hydrogen) atoms. The standard InChI is InChI=1S/C26H21N3O.ClH/c30-26-23(17-20-12-6-2-7-13-20)28-25-22(16-19-10-4-1-5-11-19)27-24(18-29(25)26)21-14-8-3-9-15-21;/h1-15,18,30H,16-17H2;1H. The topological polar surface area (TPSA) is 50.4 Å². The SMILES string of the molecule is Cl.Oc1c(Cc2ccccc2)nc2c(Cc3ccccc3)nc(-c3ccccc3)cn12. The van der Waals surface area contributed by atoms with Crippen molar-refractivity contribution in [1.82, 2.24) is 14.4 Å². The highest BCUT2D eigenvalue weighted by molar-refractivity contribution is 5.85. The molecule has 4 nitrogen and oxygen atoms in total.